The maximum absolute atomic E-state index is 12.2. The van der Waals surface area contributed by atoms with E-state index in [-0.39, 0.29) is 17.9 Å². The number of hydrogen-bond acceptors (Lipinski definition) is 5. The fourth-order valence-corrected chi connectivity index (χ4v) is 3.22. The van der Waals surface area contributed by atoms with Gasteiger partial charge in [0.1, 0.15) is 0 Å². The summed E-state index contributed by atoms with van der Waals surface area (Å²) in [6, 6.07) is 3.57. The SMILES string of the molecule is NC(=O)C1CCN(C(=O)Nc2nc(-c3cccnc3)cs2)CC1. The number of rotatable bonds is 3. The molecule has 0 spiro atoms. The minimum absolute atomic E-state index is 0.129. The van der Waals surface area contributed by atoms with Crippen LogP contribution in [0.25, 0.3) is 11.3 Å². The average Bonchev–Trinajstić information content (AvgIpc) is 3.04. The van der Waals surface area contributed by atoms with E-state index in [1.165, 1.54) is 11.3 Å². The van der Waals surface area contributed by atoms with Gasteiger partial charge in [0.25, 0.3) is 0 Å². The molecule has 0 unspecified atom stereocenters. The predicted molar refractivity (Wildman–Crippen MR) is 87.9 cm³/mol. The Labute approximate surface area is 137 Å². The zero-order valence-corrected chi connectivity index (χ0v) is 13.3. The van der Waals surface area contributed by atoms with Gasteiger partial charge >= 0.3 is 6.03 Å². The molecule has 3 rings (SSSR count). The predicted octanol–water partition coefficient (Wildman–Crippen LogP) is 1.93. The van der Waals surface area contributed by atoms with Gasteiger partial charge in [0.15, 0.2) is 5.13 Å². The lowest BCUT2D eigenvalue weighted by Crippen LogP contribution is -2.43. The molecule has 0 saturated carbocycles. The molecule has 0 aromatic carbocycles. The lowest BCUT2D eigenvalue weighted by Gasteiger charge is -2.30. The molecule has 1 fully saturated rings. The number of piperidine rings is 1. The highest BCUT2D eigenvalue weighted by Gasteiger charge is 2.26. The maximum atomic E-state index is 12.2. The first-order chi connectivity index (χ1) is 11.1. The van der Waals surface area contributed by atoms with Crippen LogP contribution in [-0.4, -0.2) is 39.9 Å². The summed E-state index contributed by atoms with van der Waals surface area (Å²) >= 11 is 1.37. The molecule has 0 bridgehead atoms. The second-order valence-corrected chi connectivity index (χ2v) is 6.23. The Balaban J connectivity index is 1.59. The molecule has 3 heterocycles. The van der Waals surface area contributed by atoms with Gasteiger partial charge in [0.2, 0.25) is 5.91 Å². The highest BCUT2D eigenvalue weighted by atomic mass is 32.1. The molecule has 2 aromatic heterocycles. The Kier molecular flexibility index (Phi) is 4.52. The number of carbonyl (C=O) groups is 2. The Morgan fingerprint density at radius 3 is 2.78 bits per heavy atom. The number of nitrogens with two attached hydrogens (primary N) is 1. The molecule has 7 nitrogen and oxygen atoms in total. The lowest BCUT2D eigenvalue weighted by atomic mass is 9.96. The van der Waals surface area contributed by atoms with Crippen molar-refractivity contribution < 1.29 is 9.59 Å². The maximum Gasteiger partial charge on any atom is 0.323 e. The highest BCUT2D eigenvalue weighted by Crippen LogP contribution is 2.25. The first-order valence-electron chi connectivity index (χ1n) is 7.34. The van der Waals surface area contributed by atoms with E-state index in [0.29, 0.717) is 31.1 Å². The van der Waals surface area contributed by atoms with Crippen LogP contribution in [0, 0.1) is 5.92 Å². The van der Waals surface area contributed by atoms with Gasteiger partial charge < -0.3 is 10.6 Å². The van der Waals surface area contributed by atoms with Crippen LogP contribution in [0.1, 0.15) is 12.8 Å². The van der Waals surface area contributed by atoms with Crippen LogP contribution in [0.2, 0.25) is 0 Å². The summed E-state index contributed by atoms with van der Waals surface area (Å²) in [4.78, 5) is 33.5. The van der Waals surface area contributed by atoms with Crippen LogP contribution >= 0.6 is 11.3 Å². The van der Waals surface area contributed by atoms with Gasteiger partial charge in [-0.25, -0.2) is 9.78 Å². The number of aromatic nitrogens is 2. The largest absolute Gasteiger partial charge is 0.369 e. The van der Waals surface area contributed by atoms with Gasteiger partial charge in [-0.2, -0.15) is 0 Å². The van der Waals surface area contributed by atoms with Gasteiger partial charge in [0.05, 0.1) is 5.69 Å². The normalized spacial score (nSPS) is 15.4. The van der Waals surface area contributed by atoms with E-state index in [2.05, 4.69) is 15.3 Å². The summed E-state index contributed by atoms with van der Waals surface area (Å²) in [6.07, 6.45) is 4.66. The van der Waals surface area contributed by atoms with E-state index in [1.807, 2.05) is 17.5 Å². The van der Waals surface area contributed by atoms with Crippen LogP contribution in [-0.2, 0) is 4.79 Å². The summed E-state index contributed by atoms with van der Waals surface area (Å²) in [5, 5.41) is 5.23. The van der Waals surface area contributed by atoms with Crippen molar-refractivity contribution in [2.75, 3.05) is 18.4 Å². The summed E-state index contributed by atoms with van der Waals surface area (Å²) < 4.78 is 0. The number of primary amides is 1. The van der Waals surface area contributed by atoms with E-state index < -0.39 is 0 Å². The summed E-state index contributed by atoms with van der Waals surface area (Å²) in [5.74, 6) is -0.415. The van der Waals surface area contributed by atoms with Crippen LogP contribution in [0.4, 0.5) is 9.93 Å². The number of hydrogen-bond donors (Lipinski definition) is 2. The van der Waals surface area contributed by atoms with Crippen molar-refractivity contribution in [1.82, 2.24) is 14.9 Å². The minimum Gasteiger partial charge on any atom is -0.369 e. The Morgan fingerprint density at radius 2 is 2.13 bits per heavy atom. The van der Waals surface area contributed by atoms with Crippen LogP contribution in [0.3, 0.4) is 0 Å². The summed E-state index contributed by atoms with van der Waals surface area (Å²) in [5.41, 5.74) is 6.99. The van der Waals surface area contributed by atoms with Gasteiger partial charge in [-0.1, -0.05) is 0 Å². The van der Waals surface area contributed by atoms with Crippen molar-refractivity contribution in [2.24, 2.45) is 11.7 Å². The smallest absolute Gasteiger partial charge is 0.323 e. The highest BCUT2D eigenvalue weighted by molar-refractivity contribution is 7.14. The minimum atomic E-state index is -0.286. The molecular formula is C15H17N5O2S. The fourth-order valence-electron chi connectivity index (χ4n) is 2.52. The molecule has 0 aliphatic carbocycles. The number of nitrogens with zero attached hydrogens (tertiary/aromatic N) is 3. The van der Waals surface area contributed by atoms with Crippen molar-refractivity contribution in [3.63, 3.8) is 0 Å². The first-order valence-corrected chi connectivity index (χ1v) is 8.22. The molecule has 1 aliphatic heterocycles. The van der Waals surface area contributed by atoms with Crippen molar-refractivity contribution in [3.05, 3.63) is 29.9 Å². The van der Waals surface area contributed by atoms with Crippen molar-refractivity contribution in [2.45, 2.75) is 12.8 Å². The lowest BCUT2D eigenvalue weighted by molar-refractivity contribution is -0.122. The van der Waals surface area contributed by atoms with E-state index >= 15 is 0 Å². The molecule has 3 N–H and O–H groups in total. The number of likely N-dealkylation sites (tertiary alicyclic amines) is 1. The van der Waals surface area contributed by atoms with Crippen LogP contribution < -0.4 is 11.1 Å². The van der Waals surface area contributed by atoms with Crippen molar-refractivity contribution in [3.8, 4) is 11.3 Å². The molecule has 1 aliphatic rings. The van der Waals surface area contributed by atoms with Crippen molar-refractivity contribution in [1.29, 1.82) is 0 Å². The monoisotopic (exact) mass is 331 g/mol. The second-order valence-electron chi connectivity index (χ2n) is 5.37. The summed E-state index contributed by atoms with van der Waals surface area (Å²) in [7, 11) is 0. The molecule has 2 aromatic rings. The number of carbonyl (C=O) groups excluding carboxylic acids is 2. The first kappa shape index (κ1) is 15.4. The molecule has 23 heavy (non-hydrogen) atoms. The average molecular weight is 331 g/mol. The number of urea groups is 1. The van der Waals surface area contributed by atoms with E-state index in [4.69, 9.17) is 5.73 Å². The van der Waals surface area contributed by atoms with Crippen LogP contribution in [0.5, 0.6) is 0 Å². The van der Waals surface area contributed by atoms with Crippen LogP contribution in [0.15, 0.2) is 29.9 Å². The molecule has 8 heteroatoms. The van der Waals surface area contributed by atoms with Gasteiger partial charge in [-0.15, -0.1) is 11.3 Å². The molecule has 1 saturated heterocycles. The van der Waals surface area contributed by atoms with E-state index in [9.17, 15) is 9.59 Å². The number of nitrogens with one attached hydrogen (secondary N) is 1. The Morgan fingerprint density at radius 1 is 1.35 bits per heavy atom. The third-order valence-electron chi connectivity index (χ3n) is 3.86. The van der Waals surface area contributed by atoms with E-state index in [0.717, 1.165) is 11.3 Å². The third kappa shape index (κ3) is 3.65. The van der Waals surface area contributed by atoms with Gasteiger partial charge in [-0.3, -0.25) is 15.1 Å². The van der Waals surface area contributed by atoms with Gasteiger partial charge in [0, 0.05) is 42.3 Å². The zero-order valence-electron chi connectivity index (χ0n) is 12.4. The molecule has 3 amide bonds. The summed E-state index contributed by atoms with van der Waals surface area (Å²) in [6.45, 7) is 1.06. The number of amides is 3. The van der Waals surface area contributed by atoms with Gasteiger partial charge in [-0.05, 0) is 25.0 Å². The quantitative estimate of drug-likeness (QED) is 0.897. The Bertz CT molecular complexity index is 695. The zero-order chi connectivity index (χ0) is 16.2. The molecule has 120 valence electrons. The second kappa shape index (κ2) is 6.74. The molecule has 0 radical (unpaired) electrons. The topological polar surface area (TPSA) is 101 Å². The number of pyridine rings is 1. The third-order valence-corrected chi connectivity index (χ3v) is 4.62. The standard InChI is InChI=1S/C15H17N5O2S/c16-13(21)10-3-6-20(7-4-10)15(22)19-14-18-12(9-23-14)11-2-1-5-17-8-11/h1-2,5,8-10H,3-4,6-7H2,(H2,16,21)(H,18,19,22). The molecular weight excluding hydrogens is 314 g/mol. The Hall–Kier alpha value is -2.48. The molecule has 0 atom stereocenters. The van der Waals surface area contributed by atoms with Crippen molar-refractivity contribution >= 4 is 28.4 Å². The number of anilines is 1. The fraction of sp³-hybridized carbons (Fsp3) is 0.333. The van der Waals surface area contributed by atoms with E-state index in [1.54, 1.807) is 17.3 Å². The number of thiazole rings is 1.